The number of aromatic hydroxyl groups is 3. The van der Waals surface area contributed by atoms with Gasteiger partial charge in [-0.25, -0.2) is 9.59 Å². The van der Waals surface area contributed by atoms with Crippen LogP contribution in [0.3, 0.4) is 0 Å². The largest absolute Gasteiger partial charge is 0.667 e. The Morgan fingerprint density at radius 3 is 2.20 bits per heavy atom. The van der Waals surface area contributed by atoms with Crippen molar-refractivity contribution in [2.45, 2.75) is 107 Å². The van der Waals surface area contributed by atoms with E-state index in [0.717, 1.165) is 12.1 Å². The predicted octanol–water partition coefficient (Wildman–Crippen LogP) is -1.02. The third-order valence-corrected chi connectivity index (χ3v) is 9.83. The highest BCUT2D eigenvalue weighted by Crippen LogP contribution is 2.47. The number of ketones is 1. The quantitative estimate of drug-likeness (QED) is 0.0631. The number of aliphatic carboxylic acids is 1. The van der Waals surface area contributed by atoms with Crippen LogP contribution in [-0.4, -0.2) is 135 Å². The number of aryl methyl sites for hydroxylation is 1. The van der Waals surface area contributed by atoms with E-state index in [2.05, 4.69) is 18.8 Å². The molecule has 4 heterocycles. The number of carboxylic acids is 1. The molecule has 56 heavy (non-hydrogen) atoms. The van der Waals surface area contributed by atoms with Crippen molar-refractivity contribution in [1.82, 2.24) is 4.98 Å². The molecule has 0 amide bonds. The molecule has 0 saturated carbocycles. The minimum Gasteiger partial charge on any atom is -0.667 e. The molecule has 6 rings (SSSR count). The summed E-state index contributed by atoms with van der Waals surface area (Å²) in [5.74, 6) is -4.97. The summed E-state index contributed by atoms with van der Waals surface area (Å²) in [6.45, 7) is 4.14. The zero-order valence-electron chi connectivity index (χ0n) is 29.9. The van der Waals surface area contributed by atoms with E-state index in [1.807, 2.05) is 6.07 Å². The molecule has 0 aliphatic carbocycles. The van der Waals surface area contributed by atoms with Crippen LogP contribution >= 0.6 is 0 Å². The van der Waals surface area contributed by atoms with Crippen LogP contribution in [0.1, 0.15) is 60.7 Å². The zero-order chi connectivity index (χ0) is 40.7. The summed E-state index contributed by atoms with van der Waals surface area (Å²) in [5, 5.41) is 104. The predicted molar refractivity (Wildman–Crippen MR) is 185 cm³/mol. The van der Waals surface area contributed by atoms with Crippen LogP contribution < -0.4 is 14.5 Å². The first-order valence-corrected chi connectivity index (χ1v) is 17.7. The average Bonchev–Trinajstić information content (AvgIpc) is 3.60. The molecule has 11 N–H and O–H groups in total. The molecular weight excluding hydrogens is 746 g/mol. The lowest BCUT2D eigenvalue weighted by atomic mass is 9.92. The standard InChI is InChI=1S/C37H42NO18/c1-13(2)3-5-16-7-14(12-38-16)8-17-22(11-23-24(25(17)42)20(41)10-21(52-23)15-4-6-18(39)19(40)9-15)53-36-30(47)27(44)29(46)33(55-36)35(51)56-37-31(48)26(43)28(45)32(54-37)34(49)50/h4,6-7,9,11-13,21,26-33,36-37,39-40,43-48H,3,5,8,10H2,1-2H3,(H,41,42)(H,49,50)/q-1/p+1/t21?,26-,27-,28-,29-,30+,31+,32-,33-,36-,37+/m0/s1. The SMILES string of the molecule is CC(C)CCc1cc(Cc2c(O[C@H]3O[C@H](C(=O)O[C@H]4O[C@H](C(=O)O)[C@@H](O)[C@H](O)[C@H]4O)[C@@H](O)[C@H](O)[C@H]3O)cc3c(c2O)C(=[OH+])CC(c2ccc(O)c(O)c2)O3)c[n-]1. The Kier molecular flexibility index (Phi) is 11.8. The molecule has 1 aromatic heterocycles. The van der Waals surface area contributed by atoms with Gasteiger partial charge >= 0.3 is 17.7 Å². The molecular formula is C37H43NO18. The maximum atomic E-state index is 13.3. The second-order valence-corrected chi connectivity index (χ2v) is 14.3. The van der Waals surface area contributed by atoms with Crippen molar-refractivity contribution in [1.29, 1.82) is 0 Å². The van der Waals surface area contributed by atoms with E-state index in [-0.39, 0.29) is 41.3 Å². The second kappa shape index (κ2) is 16.2. The molecule has 3 aliphatic heterocycles. The first kappa shape index (κ1) is 40.7. The van der Waals surface area contributed by atoms with E-state index >= 15 is 0 Å². The Bertz CT molecular complexity index is 1950. The van der Waals surface area contributed by atoms with Crippen LogP contribution in [0.5, 0.6) is 28.7 Å². The van der Waals surface area contributed by atoms with E-state index < -0.39 is 96.7 Å². The summed E-state index contributed by atoms with van der Waals surface area (Å²) in [6.07, 6.45) is -19.4. The van der Waals surface area contributed by atoms with Crippen LogP contribution in [0.2, 0.25) is 0 Å². The van der Waals surface area contributed by atoms with E-state index in [9.17, 15) is 65.4 Å². The number of phenolic OH excluding ortho intramolecular Hbond substituents is 3. The molecule has 11 atom stereocenters. The van der Waals surface area contributed by atoms with Gasteiger partial charge in [-0.15, -0.1) is 0 Å². The van der Waals surface area contributed by atoms with E-state index in [0.29, 0.717) is 23.5 Å². The molecule has 0 radical (unpaired) electrons. The number of aliphatic hydroxyl groups excluding tert-OH is 6. The number of carbonyl (C=O) groups is 2. The molecule has 2 fully saturated rings. The number of phenols is 3. The fraction of sp³-hybridized carbons (Fsp3) is 0.486. The Labute approximate surface area is 317 Å². The molecule has 3 aromatic rings. The number of aromatic nitrogens is 1. The summed E-state index contributed by atoms with van der Waals surface area (Å²) in [6, 6.07) is 6.95. The number of nitrogens with zero attached hydrogens (tertiary/aromatic N) is 1. The third-order valence-electron chi connectivity index (χ3n) is 9.83. The van der Waals surface area contributed by atoms with Crippen LogP contribution in [0.15, 0.2) is 36.5 Å². The van der Waals surface area contributed by atoms with E-state index in [1.54, 1.807) is 6.20 Å². The lowest BCUT2D eigenvalue weighted by Gasteiger charge is -2.41. The van der Waals surface area contributed by atoms with Crippen LogP contribution in [0, 0.1) is 5.92 Å². The summed E-state index contributed by atoms with van der Waals surface area (Å²) in [5.41, 5.74) is 1.64. The Hall–Kier alpha value is -4.99. The normalized spacial score (nSPS) is 30.4. The minimum atomic E-state index is -2.20. The average molecular weight is 790 g/mol. The van der Waals surface area contributed by atoms with Gasteiger partial charge in [0.25, 0.3) is 0 Å². The molecule has 19 nitrogen and oxygen atoms in total. The van der Waals surface area contributed by atoms with Gasteiger partial charge in [0, 0.05) is 18.1 Å². The van der Waals surface area contributed by atoms with Gasteiger partial charge in [0.1, 0.15) is 66.4 Å². The zero-order valence-corrected chi connectivity index (χ0v) is 29.9. The topological polar surface area (TPSA) is 318 Å². The smallest absolute Gasteiger partial charge is 0.340 e. The Morgan fingerprint density at radius 1 is 0.875 bits per heavy atom. The molecule has 19 heteroatoms. The number of aliphatic hydroxyl groups is 6. The highest BCUT2D eigenvalue weighted by Gasteiger charge is 2.53. The van der Waals surface area contributed by atoms with E-state index in [4.69, 9.17) is 23.7 Å². The number of carboxylic acid groups (broad SMARTS) is 1. The summed E-state index contributed by atoms with van der Waals surface area (Å²) >= 11 is 0. The highest BCUT2D eigenvalue weighted by molar-refractivity contribution is 6.04. The first-order valence-electron chi connectivity index (χ1n) is 17.7. The van der Waals surface area contributed by atoms with Gasteiger partial charge in [-0.3, -0.25) is 4.79 Å². The number of fused-ring (bicyclic) bond motifs is 1. The highest BCUT2D eigenvalue weighted by atomic mass is 16.7. The maximum Gasteiger partial charge on any atom is 0.340 e. The number of carbonyl (C=O) groups excluding carboxylic acids is 2. The van der Waals surface area contributed by atoms with Crippen LogP contribution in [0.25, 0.3) is 0 Å². The number of hydrogen-bond donors (Lipinski definition) is 10. The fourth-order valence-corrected chi connectivity index (χ4v) is 6.63. The van der Waals surface area contributed by atoms with Crippen LogP contribution in [-0.2, 0) is 36.6 Å². The van der Waals surface area contributed by atoms with Crippen molar-refractivity contribution < 1.29 is 89.1 Å². The van der Waals surface area contributed by atoms with Crippen molar-refractivity contribution in [2.24, 2.45) is 5.92 Å². The van der Waals surface area contributed by atoms with Gasteiger partial charge in [-0.2, -0.15) is 11.9 Å². The van der Waals surface area contributed by atoms with Crippen molar-refractivity contribution >= 4 is 17.7 Å². The molecule has 2 aromatic carbocycles. The summed E-state index contributed by atoms with van der Waals surface area (Å²) in [4.78, 5) is 40.4. The second-order valence-electron chi connectivity index (χ2n) is 14.3. The first-order chi connectivity index (χ1) is 26.4. The molecule has 3 aliphatic rings. The number of benzene rings is 2. The summed E-state index contributed by atoms with van der Waals surface area (Å²) < 4.78 is 27.6. The van der Waals surface area contributed by atoms with Gasteiger partial charge in [-0.1, -0.05) is 31.5 Å². The van der Waals surface area contributed by atoms with Gasteiger partial charge in [-0.05, 0) is 36.5 Å². The number of rotatable bonds is 11. The fourth-order valence-electron chi connectivity index (χ4n) is 6.63. The molecule has 0 bridgehead atoms. The molecule has 304 valence electrons. The molecule has 1 unspecified atom stereocenters. The van der Waals surface area contributed by atoms with Gasteiger partial charge in [0.2, 0.25) is 12.6 Å². The van der Waals surface area contributed by atoms with Crippen molar-refractivity contribution in [3.8, 4) is 28.7 Å². The molecule has 0 spiro atoms. The number of ether oxygens (including phenoxy) is 5. The van der Waals surface area contributed by atoms with Gasteiger partial charge in [0.05, 0.1) is 0 Å². The lowest BCUT2D eigenvalue weighted by Crippen LogP contribution is -2.63. The maximum absolute atomic E-state index is 13.3. The van der Waals surface area contributed by atoms with Crippen LogP contribution in [0.4, 0.5) is 0 Å². The van der Waals surface area contributed by atoms with Crippen molar-refractivity contribution in [3.63, 3.8) is 0 Å². The number of esters is 1. The van der Waals surface area contributed by atoms with Gasteiger partial charge < -0.3 is 79.7 Å². The monoisotopic (exact) mass is 789 g/mol. The van der Waals surface area contributed by atoms with Crippen molar-refractivity contribution in [3.05, 3.63) is 64.5 Å². The number of hydrogen-bond acceptors (Lipinski definition) is 16. The third kappa shape index (κ3) is 8.11. The molecule has 2 saturated heterocycles. The summed E-state index contributed by atoms with van der Waals surface area (Å²) in [7, 11) is 0. The Morgan fingerprint density at radius 2 is 1.54 bits per heavy atom. The van der Waals surface area contributed by atoms with Crippen molar-refractivity contribution in [2.75, 3.05) is 0 Å². The Balaban J connectivity index is 1.32. The van der Waals surface area contributed by atoms with Gasteiger partial charge in [0.15, 0.2) is 29.3 Å². The lowest BCUT2D eigenvalue weighted by molar-refractivity contribution is -0.302. The minimum absolute atomic E-state index is 0.0176. The van der Waals surface area contributed by atoms with E-state index in [1.165, 1.54) is 24.3 Å².